The summed E-state index contributed by atoms with van der Waals surface area (Å²) in [5.41, 5.74) is 11.9. The minimum atomic E-state index is -4.85. The molecule has 1 aromatic rings. The largest absolute Gasteiger partial charge is 0.431 e. The van der Waals surface area contributed by atoms with Crippen molar-refractivity contribution < 1.29 is 22.8 Å². The van der Waals surface area contributed by atoms with Gasteiger partial charge in [-0.1, -0.05) is 18.2 Å². The van der Waals surface area contributed by atoms with Crippen LogP contribution in [0.25, 0.3) is 0 Å². The van der Waals surface area contributed by atoms with Crippen LogP contribution in [-0.2, 0) is 15.1 Å². The molecule has 3 aliphatic rings. The van der Waals surface area contributed by atoms with Gasteiger partial charge in [0.1, 0.15) is 17.3 Å². The molecule has 2 unspecified atom stereocenters. The number of para-hydroxylation sites is 1. The SMILES string of the molecule is NC(=O)C1=CC=C(C(F)(F)F)N(C2(c3ccccc3N3CCNCC3)C=NNC2)C1C(N)=O. The lowest BCUT2D eigenvalue weighted by molar-refractivity contribution is -0.136. The Morgan fingerprint density at radius 1 is 1.12 bits per heavy atom. The number of nitrogens with one attached hydrogen (secondary N) is 2. The summed E-state index contributed by atoms with van der Waals surface area (Å²) in [7, 11) is 0. The zero-order chi connectivity index (χ0) is 23.8. The topological polar surface area (TPSA) is 129 Å². The number of piperazine rings is 1. The molecule has 1 saturated heterocycles. The monoisotopic (exact) mass is 463 g/mol. The molecular weight excluding hydrogens is 439 g/mol. The fourth-order valence-corrected chi connectivity index (χ4v) is 4.62. The van der Waals surface area contributed by atoms with Crippen molar-refractivity contribution >= 4 is 23.7 Å². The Morgan fingerprint density at radius 3 is 2.39 bits per heavy atom. The summed E-state index contributed by atoms with van der Waals surface area (Å²) in [5.74, 6) is -2.16. The molecule has 0 saturated carbocycles. The first kappa shape index (κ1) is 22.6. The zero-order valence-electron chi connectivity index (χ0n) is 17.6. The van der Waals surface area contributed by atoms with E-state index in [0.29, 0.717) is 37.4 Å². The molecule has 3 aliphatic heterocycles. The number of halogens is 3. The fourth-order valence-electron chi connectivity index (χ4n) is 4.62. The molecule has 6 N–H and O–H groups in total. The number of hydrazone groups is 1. The first-order valence-electron chi connectivity index (χ1n) is 10.4. The van der Waals surface area contributed by atoms with Gasteiger partial charge >= 0.3 is 6.18 Å². The highest BCUT2D eigenvalue weighted by molar-refractivity contribution is 6.02. The number of rotatable bonds is 5. The molecule has 9 nitrogen and oxygen atoms in total. The van der Waals surface area contributed by atoms with Gasteiger partial charge in [-0.15, -0.1) is 0 Å². The third-order valence-electron chi connectivity index (χ3n) is 6.05. The number of primary amides is 2. The van der Waals surface area contributed by atoms with E-state index in [9.17, 15) is 22.8 Å². The second kappa shape index (κ2) is 8.43. The first-order chi connectivity index (χ1) is 15.7. The highest BCUT2D eigenvalue weighted by atomic mass is 19.4. The molecular formula is C21H24F3N7O2. The number of amides is 2. The smallest absolute Gasteiger partial charge is 0.369 e. The van der Waals surface area contributed by atoms with Gasteiger partial charge in [0.15, 0.2) is 0 Å². The quantitative estimate of drug-likeness (QED) is 0.483. The maximum atomic E-state index is 14.3. The van der Waals surface area contributed by atoms with Crippen LogP contribution in [0, 0.1) is 0 Å². The van der Waals surface area contributed by atoms with Crippen molar-refractivity contribution in [2.75, 3.05) is 37.6 Å². The Kier molecular flexibility index (Phi) is 5.78. The van der Waals surface area contributed by atoms with Gasteiger partial charge in [0.25, 0.3) is 0 Å². The van der Waals surface area contributed by atoms with Crippen LogP contribution < -0.4 is 27.1 Å². The molecule has 1 aromatic carbocycles. The number of allylic oxidation sites excluding steroid dienone is 3. The van der Waals surface area contributed by atoms with E-state index in [0.717, 1.165) is 17.1 Å². The van der Waals surface area contributed by atoms with Crippen LogP contribution in [0.2, 0.25) is 0 Å². The van der Waals surface area contributed by atoms with Gasteiger partial charge in [0.05, 0.1) is 12.8 Å². The van der Waals surface area contributed by atoms with Crippen molar-refractivity contribution in [2.45, 2.75) is 17.8 Å². The van der Waals surface area contributed by atoms with Gasteiger partial charge < -0.3 is 32.0 Å². The summed E-state index contributed by atoms with van der Waals surface area (Å²) in [6.07, 6.45) is -1.86. The molecule has 1 fully saturated rings. The first-order valence-corrected chi connectivity index (χ1v) is 10.4. The van der Waals surface area contributed by atoms with Crippen LogP contribution in [0.4, 0.5) is 18.9 Å². The van der Waals surface area contributed by atoms with Crippen molar-refractivity contribution in [2.24, 2.45) is 16.6 Å². The number of nitrogens with zero attached hydrogens (tertiary/aromatic N) is 3. The normalized spacial score (nSPS) is 25.4. The van der Waals surface area contributed by atoms with E-state index >= 15 is 0 Å². The van der Waals surface area contributed by atoms with Gasteiger partial charge in [-0.2, -0.15) is 18.3 Å². The van der Waals surface area contributed by atoms with Crippen molar-refractivity contribution in [1.82, 2.24) is 15.6 Å². The summed E-state index contributed by atoms with van der Waals surface area (Å²) >= 11 is 0. The van der Waals surface area contributed by atoms with Crippen LogP contribution in [-0.4, -0.2) is 67.9 Å². The summed E-state index contributed by atoms with van der Waals surface area (Å²) in [6.45, 7) is 2.63. The van der Waals surface area contributed by atoms with E-state index in [4.69, 9.17) is 11.5 Å². The Hall–Kier alpha value is -3.54. The molecule has 3 heterocycles. The third-order valence-corrected chi connectivity index (χ3v) is 6.05. The van der Waals surface area contributed by atoms with Crippen molar-refractivity contribution in [3.05, 3.63) is 53.3 Å². The van der Waals surface area contributed by atoms with Crippen molar-refractivity contribution in [1.29, 1.82) is 0 Å². The molecule has 176 valence electrons. The molecule has 0 aliphatic carbocycles. The van der Waals surface area contributed by atoms with Gasteiger partial charge in [-0.3, -0.25) is 9.59 Å². The second-order valence-electron chi connectivity index (χ2n) is 7.98. The Morgan fingerprint density at radius 2 is 1.82 bits per heavy atom. The predicted molar refractivity (Wildman–Crippen MR) is 116 cm³/mol. The predicted octanol–water partition coefficient (Wildman–Crippen LogP) is -0.0921. The van der Waals surface area contributed by atoms with Gasteiger partial charge in [0, 0.05) is 43.0 Å². The van der Waals surface area contributed by atoms with E-state index < -0.39 is 35.3 Å². The van der Waals surface area contributed by atoms with Crippen molar-refractivity contribution in [3.8, 4) is 0 Å². The molecule has 4 rings (SSSR count). The zero-order valence-corrected chi connectivity index (χ0v) is 17.6. The van der Waals surface area contributed by atoms with E-state index in [2.05, 4.69) is 20.7 Å². The van der Waals surface area contributed by atoms with Crippen LogP contribution in [0.5, 0.6) is 0 Å². The Balaban J connectivity index is 1.95. The molecule has 0 radical (unpaired) electrons. The third kappa shape index (κ3) is 3.90. The van der Waals surface area contributed by atoms with Crippen LogP contribution in [0.15, 0.2) is 52.8 Å². The highest BCUT2D eigenvalue weighted by Gasteiger charge is 2.55. The van der Waals surface area contributed by atoms with Gasteiger partial charge in [-0.05, 0) is 18.2 Å². The van der Waals surface area contributed by atoms with E-state index in [-0.39, 0.29) is 12.1 Å². The van der Waals surface area contributed by atoms with E-state index in [1.165, 1.54) is 6.21 Å². The lowest BCUT2D eigenvalue weighted by atomic mass is 9.83. The maximum absolute atomic E-state index is 14.3. The number of hydrogen-bond acceptors (Lipinski definition) is 7. The highest BCUT2D eigenvalue weighted by Crippen LogP contribution is 2.45. The van der Waals surface area contributed by atoms with Gasteiger partial charge in [-0.25, -0.2) is 0 Å². The summed E-state index contributed by atoms with van der Waals surface area (Å²) in [6, 6.07) is 5.28. The van der Waals surface area contributed by atoms with Crippen LogP contribution >= 0.6 is 0 Å². The Labute approximate surface area is 187 Å². The van der Waals surface area contributed by atoms with E-state index in [1.54, 1.807) is 18.2 Å². The minimum Gasteiger partial charge on any atom is -0.369 e. The molecule has 12 heteroatoms. The minimum absolute atomic E-state index is 0.0840. The maximum Gasteiger partial charge on any atom is 0.431 e. The molecule has 2 amide bonds. The summed E-state index contributed by atoms with van der Waals surface area (Å²) in [5, 5.41) is 7.27. The summed E-state index contributed by atoms with van der Waals surface area (Å²) in [4.78, 5) is 27.5. The molecule has 0 spiro atoms. The number of carbonyl (C=O) groups excluding carboxylic acids is 2. The van der Waals surface area contributed by atoms with Crippen LogP contribution in [0.3, 0.4) is 0 Å². The summed E-state index contributed by atoms with van der Waals surface area (Å²) < 4.78 is 42.8. The van der Waals surface area contributed by atoms with E-state index in [1.807, 2.05) is 6.07 Å². The fraction of sp³-hybridized carbons (Fsp3) is 0.381. The number of benzene rings is 1. The standard InChI is InChI=1S/C21H24F3N7O2/c22-21(23,24)16-6-5-13(18(25)32)17(19(26)33)31(16)20(11-28-29-12-20)14-3-1-2-4-15(14)30-9-7-27-8-10-30/h1-6,11,17,27,29H,7-10,12H2,(H2,25,32)(H2,26,33). The molecule has 0 bridgehead atoms. The number of carbonyl (C=O) groups is 2. The van der Waals surface area contributed by atoms with Crippen LogP contribution in [0.1, 0.15) is 5.56 Å². The molecule has 0 aromatic heterocycles. The number of nitrogens with two attached hydrogens (primary N) is 2. The average Bonchev–Trinajstić information content (AvgIpc) is 3.29. The number of hydrogen-bond donors (Lipinski definition) is 4. The number of alkyl halides is 3. The Bertz CT molecular complexity index is 1050. The molecule has 2 atom stereocenters. The van der Waals surface area contributed by atoms with Crippen molar-refractivity contribution in [3.63, 3.8) is 0 Å². The van der Waals surface area contributed by atoms with Gasteiger partial charge in [0.2, 0.25) is 11.8 Å². The number of anilines is 1. The lowest BCUT2D eigenvalue weighted by Crippen LogP contribution is -2.62. The average molecular weight is 463 g/mol. The molecule has 33 heavy (non-hydrogen) atoms. The lowest BCUT2D eigenvalue weighted by Gasteiger charge is -2.48. The second-order valence-corrected chi connectivity index (χ2v) is 7.98.